The van der Waals surface area contributed by atoms with E-state index in [9.17, 15) is 0 Å². The van der Waals surface area contributed by atoms with Crippen LogP contribution in [-0.4, -0.2) is 24.9 Å². The third-order valence-electron chi connectivity index (χ3n) is 3.57. The van der Waals surface area contributed by atoms with Crippen molar-refractivity contribution in [2.75, 3.05) is 19.8 Å². The lowest BCUT2D eigenvalue weighted by atomic mass is 10.0. The molecule has 0 radical (unpaired) electrons. The molecule has 1 rings (SSSR count). The van der Waals surface area contributed by atoms with E-state index in [0.29, 0.717) is 5.92 Å². The van der Waals surface area contributed by atoms with Crippen LogP contribution in [0, 0.1) is 5.92 Å². The van der Waals surface area contributed by atoms with Crippen molar-refractivity contribution in [1.82, 2.24) is 5.32 Å². The molecule has 0 heterocycles. The number of unbranched alkanes of at least 4 members (excludes halogenated alkanes) is 1. The molecule has 1 unspecified atom stereocenters. The molecule has 0 aliphatic heterocycles. The number of nitrogens with one attached hydrogen (secondary N) is 1. The Morgan fingerprint density at radius 2 is 1.95 bits per heavy atom. The zero-order chi connectivity index (χ0) is 14.6. The zero-order valence-corrected chi connectivity index (χ0v) is 12.9. The second-order valence-electron chi connectivity index (χ2n) is 5.26. The van der Waals surface area contributed by atoms with Gasteiger partial charge in [0.05, 0.1) is 6.61 Å². The van der Waals surface area contributed by atoms with Crippen LogP contribution in [0.3, 0.4) is 0 Å². The van der Waals surface area contributed by atoms with Gasteiger partial charge in [-0.2, -0.15) is 0 Å². The summed E-state index contributed by atoms with van der Waals surface area (Å²) in [5.74, 6) is 1.52. The van der Waals surface area contributed by atoms with Gasteiger partial charge in [0.25, 0.3) is 0 Å². The van der Waals surface area contributed by atoms with E-state index >= 15 is 0 Å². The third kappa shape index (κ3) is 6.92. The van der Waals surface area contributed by atoms with Gasteiger partial charge in [-0.05, 0) is 43.0 Å². The summed E-state index contributed by atoms with van der Waals surface area (Å²) in [5.41, 5.74) is 1.27. The first-order valence-electron chi connectivity index (χ1n) is 7.83. The predicted octanol–water partition coefficient (Wildman–Crippen LogP) is 3.36. The fourth-order valence-corrected chi connectivity index (χ4v) is 2.09. The second kappa shape index (κ2) is 10.7. The van der Waals surface area contributed by atoms with Gasteiger partial charge >= 0.3 is 0 Å². The van der Waals surface area contributed by atoms with Crippen LogP contribution >= 0.6 is 0 Å². The van der Waals surface area contributed by atoms with Crippen molar-refractivity contribution in [2.45, 2.75) is 46.1 Å². The average Bonchev–Trinajstić information content (AvgIpc) is 2.48. The highest BCUT2D eigenvalue weighted by molar-refractivity contribution is 5.27. The van der Waals surface area contributed by atoms with Crippen LogP contribution in [0.4, 0.5) is 0 Å². The molecule has 1 aromatic carbocycles. The van der Waals surface area contributed by atoms with Gasteiger partial charge in [0, 0.05) is 13.2 Å². The Labute approximate surface area is 123 Å². The minimum absolute atomic E-state index is 0.282. The van der Waals surface area contributed by atoms with E-state index in [1.54, 1.807) is 0 Å². The molecular weight excluding hydrogens is 250 g/mol. The lowest BCUT2D eigenvalue weighted by Crippen LogP contribution is -2.22. The van der Waals surface area contributed by atoms with E-state index in [4.69, 9.17) is 9.84 Å². The van der Waals surface area contributed by atoms with E-state index in [2.05, 4.69) is 31.3 Å². The summed E-state index contributed by atoms with van der Waals surface area (Å²) in [6.07, 6.45) is 4.26. The molecule has 0 bridgehead atoms. The minimum atomic E-state index is 0.282. The Balaban J connectivity index is 2.27. The molecule has 0 amide bonds. The first kappa shape index (κ1) is 17.0. The van der Waals surface area contributed by atoms with Crippen molar-refractivity contribution >= 4 is 0 Å². The first-order valence-corrected chi connectivity index (χ1v) is 7.83. The van der Waals surface area contributed by atoms with Crippen LogP contribution in [0.5, 0.6) is 5.75 Å². The van der Waals surface area contributed by atoms with Gasteiger partial charge in [-0.25, -0.2) is 0 Å². The summed E-state index contributed by atoms with van der Waals surface area (Å²) in [6, 6.07) is 8.30. The van der Waals surface area contributed by atoms with E-state index < -0.39 is 0 Å². The van der Waals surface area contributed by atoms with Crippen LogP contribution in [0.15, 0.2) is 24.3 Å². The molecule has 0 saturated carbocycles. The zero-order valence-electron chi connectivity index (χ0n) is 12.9. The van der Waals surface area contributed by atoms with Gasteiger partial charge in [0.15, 0.2) is 0 Å². The standard InChI is InChI=1S/C17H29NO2/c1-3-5-12-20-17-8-6-16(7-9-17)14-18-13-15(4-2)10-11-19/h6-9,15,18-19H,3-5,10-14H2,1-2H3. The highest BCUT2D eigenvalue weighted by Gasteiger charge is 2.04. The fourth-order valence-electron chi connectivity index (χ4n) is 2.09. The summed E-state index contributed by atoms with van der Waals surface area (Å²) in [4.78, 5) is 0. The molecule has 0 saturated heterocycles. The first-order chi connectivity index (χ1) is 9.80. The summed E-state index contributed by atoms with van der Waals surface area (Å²) in [5, 5.41) is 12.4. The van der Waals surface area contributed by atoms with E-state index in [0.717, 1.165) is 51.1 Å². The number of benzene rings is 1. The Hall–Kier alpha value is -1.06. The molecule has 3 heteroatoms. The summed E-state index contributed by atoms with van der Waals surface area (Å²) in [6.45, 7) is 7.25. The van der Waals surface area contributed by atoms with E-state index in [1.807, 2.05) is 12.1 Å². The topological polar surface area (TPSA) is 41.5 Å². The highest BCUT2D eigenvalue weighted by atomic mass is 16.5. The highest BCUT2D eigenvalue weighted by Crippen LogP contribution is 2.13. The van der Waals surface area contributed by atoms with Crippen molar-refractivity contribution in [3.8, 4) is 5.75 Å². The number of rotatable bonds is 11. The number of aliphatic hydroxyl groups is 1. The van der Waals surface area contributed by atoms with Crippen LogP contribution in [0.1, 0.15) is 45.1 Å². The van der Waals surface area contributed by atoms with Crippen LogP contribution < -0.4 is 10.1 Å². The SMILES string of the molecule is CCCCOc1ccc(CNCC(CC)CCO)cc1. The lowest BCUT2D eigenvalue weighted by molar-refractivity contribution is 0.251. The van der Waals surface area contributed by atoms with Gasteiger partial charge in [-0.1, -0.05) is 38.8 Å². The van der Waals surface area contributed by atoms with Gasteiger partial charge in [0.2, 0.25) is 0 Å². The molecule has 1 aromatic rings. The van der Waals surface area contributed by atoms with Crippen molar-refractivity contribution in [3.63, 3.8) is 0 Å². The molecular formula is C17H29NO2. The van der Waals surface area contributed by atoms with Crippen LogP contribution in [0.25, 0.3) is 0 Å². The van der Waals surface area contributed by atoms with Crippen molar-refractivity contribution in [2.24, 2.45) is 5.92 Å². The number of aliphatic hydroxyl groups excluding tert-OH is 1. The molecule has 0 aromatic heterocycles. The Kier molecular flexibility index (Phi) is 9.09. The maximum atomic E-state index is 8.96. The van der Waals surface area contributed by atoms with Gasteiger partial charge < -0.3 is 15.2 Å². The monoisotopic (exact) mass is 279 g/mol. The molecule has 0 fully saturated rings. The molecule has 114 valence electrons. The predicted molar refractivity (Wildman–Crippen MR) is 84.0 cm³/mol. The fraction of sp³-hybridized carbons (Fsp3) is 0.647. The minimum Gasteiger partial charge on any atom is -0.494 e. The maximum Gasteiger partial charge on any atom is 0.119 e. The summed E-state index contributed by atoms with van der Waals surface area (Å²) in [7, 11) is 0. The maximum absolute atomic E-state index is 8.96. The van der Waals surface area contributed by atoms with E-state index in [1.165, 1.54) is 5.56 Å². The van der Waals surface area contributed by atoms with Gasteiger partial charge in [0.1, 0.15) is 5.75 Å². The van der Waals surface area contributed by atoms with Gasteiger partial charge in [-0.15, -0.1) is 0 Å². The molecule has 1 atom stereocenters. The summed E-state index contributed by atoms with van der Waals surface area (Å²) >= 11 is 0. The Morgan fingerprint density at radius 3 is 2.55 bits per heavy atom. The average molecular weight is 279 g/mol. The Morgan fingerprint density at radius 1 is 1.20 bits per heavy atom. The number of hydrogen-bond acceptors (Lipinski definition) is 3. The van der Waals surface area contributed by atoms with Gasteiger partial charge in [-0.3, -0.25) is 0 Å². The molecule has 2 N–H and O–H groups in total. The number of hydrogen-bond donors (Lipinski definition) is 2. The molecule has 20 heavy (non-hydrogen) atoms. The van der Waals surface area contributed by atoms with Crippen LogP contribution in [0.2, 0.25) is 0 Å². The van der Waals surface area contributed by atoms with E-state index in [-0.39, 0.29) is 6.61 Å². The second-order valence-corrected chi connectivity index (χ2v) is 5.26. The van der Waals surface area contributed by atoms with Crippen LogP contribution in [-0.2, 0) is 6.54 Å². The van der Waals surface area contributed by atoms with Crippen molar-refractivity contribution in [1.29, 1.82) is 0 Å². The number of ether oxygens (including phenoxy) is 1. The molecule has 0 aliphatic rings. The quantitative estimate of drug-likeness (QED) is 0.610. The smallest absolute Gasteiger partial charge is 0.119 e. The third-order valence-corrected chi connectivity index (χ3v) is 3.57. The van der Waals surface area contributed by atoms with Crippen molar-refractivity contribution in [3.05, 3.63) is 29.8 Å². The lowest BCUT2D eigenvalue weighted by Gasteiger charge is -2.14. The molecule has 3 nitrogen and oxygen atoms in total. The Bertz CT molecular complexity index is 337. The molecule has 0 aliphatic carbocycles. The molecule has 0 spiro atoms. The largest absolute Gasteiger partial charge is 0.494 e. The summed E-state index contributed by atoms with van der Waals surface area (Å²) < 4.78 is 5.65. The van der Waals surface area contributed by atoms with Crippen molar-refractivity contribution < 1.29 is 9.84 Å². The normalized spacial score (nSPS) is 12.3.